The van der Waals surface area contributed by atoms with Crippen molar-refractivity contribution in [3.8, 4) is 11.5 Å². The van der Waals surface area contributed by atoms with E-state index in [0.29, 0.717) is 31.6 Å². The zero-order valence-electron chi connectivity index (χ0n) is 17.2. The number of benzene rings is 2. The number of aromatic nitrogens is 1. The minimum atomic E-state index is -0.732. The van der Waals surface area contributed by atoms with Crippen LogP contribution in [0.5, 0.6) is 0 Å². The second kappa shape index (κ2) is 9.14. The number of hydrogen-bond acceptors (Lipinski definition) is 6. The summed E-state index contributed by atoms with van der Waals surface area (Å²) in [6.07, 6.45) is 0.117. The van der Waals surface area contributed by atoms with E-state index in [2.05, 4.69) is 10.3 Å². The van der Waals surface area contributed by atoms with Crippen LogP contribution in [0.3, 0.4) is 0 Å². The molecule has 0 bridgehead atoms. The lowest BCUT2D eigenvalue weighted by Crippen LogP contribution is -2.24. The van der Waals surface area contributed by atoms with Crippen molar-refractivity contribution in [2.75, 3.05) is 0 Å². The SMILES string of the molecule is Cc1oc(-c2ccccc2)nc1CCC(O)c1ccc(CCC2OC(=O)NC2=O)cc1. The minimum absolute atomic E-state index is 0.393. The number of carbonyl (C=O) groups excluding carboxylic acids is 2. The summed E-state index contributed by atoms with van der Waals surface area (Å²) in [5.74, 6) is 0.960. The molecule has 0 radical (unpaired) electrons. The number of nitrogens with zero attached hydrogens (tertiary/aromatic N) is 1. The van der Waals surface area contributed by atoms with Gasteiger partial charge in [-0.05, 0) is 55.9 Å². The average Bonchev–Trinajstić information content (AvgIpc) is 3.32. The van der Waals surface area contributed by atoms with Gasteiger partial charge in [-0.3, -0.25) is 10.1 Å². The predicted octanol–water partition coefficient (Wildman–Crippen LogP) is 3.88. The van der Waals surface area contributed by atoms with Crippen molar-refractivity contribution in [2.24, 2.45) is 0 Å². The summed E-state index contributed by atoms with van der Waals surface area (Å²) in [4.78, 5) is 27.2. The lowest BCUT2D eigenvalue weighted by molar-refractivity contribution is -0.123. The van der Waals surface area contributed by atoms with Crippen molar-refractivity contribution in [1.29, 1.82) is 0 Å². The number of imide groups is 1. The summed E-state index contributed by atoms with van der Waals surface area (Å²) in [6.45, 7) is 1.89. The second-order valence-electron chi connectivity index (χ2n) is 7.61. The summed E-state index contributed by atoms with van der Waals surface area (Å²) in [5, 5.41) is 12.7. The molecule has 1 saturated heterocycles. The molecule has 4 rings (SSSR count). The molecular formula is C24H24N2O5. The van der Waals surface area contributed by atoms with Crippen molar-refractivity contribution in [1.82, 2.24) is 10.3 Å². The second-order valence-corrected chi connectivity index (χ2v) is 7.61. The Hall–Kier alpha value is -3.45. The van der Waals surface area contributed by atoms with Gasteiger partial charge in [0.2, 0.25) is 5.89 Å². The molecule has 160 valence electrons. The lowest BCUT2D eigenvalue weighted by atomic mass is 10.00. The van der Waals surface area contributed by atoms with Gasteiger partial charge < -0.3 is 14.3 Å². The highest BCUT2D eigenvalue weighted by Crippen LogP contribution is 2.25. The third kappa shape index (κ3) is 5.00. The first-order chi connectivity index (χ1) is 15.0. The van der Waals surface area contributed by atoms with Gasteiger partial charge in [0.25, 0.3) is 5.91 Å². The van der Waals surface area contributed by atoms with Crippen LogP contribution in [-0.2, 0) is 22.4 Å². The monoisotopic (exact) mass is 420 g/mol. The maximum Gasteiger partial charge on any atom is 0.414 e. The van der Waals surface area contributed by atoms with E-state index in [1.54, 1.807) is 0 Å². The summed E-state index contributed by atoms with van der Waals surface area (Å²) in [7, 11) is 0. The first kappa shape index (κ1) is 20.8. The topological polar surface area (TPSA) is 102 Å². The number of nitrogens with one attached hydrogen (secondary N) is 1. The van der Waals surface area contributed by atoms with Crippen LogP contribution in [0.2, 0.25) is 0 Å². The number of aliphatic hydroxyl groups is 1. The third-order valence-electron chi connectivity index (χ3n) is 5.39. The van der Waals surface area contributed by atoms with E-state index in [-0.39, 0.29) is 0 Å². The summed E-state index contributed by atoms with van der Waals surface area (Å²) >= 11 is 0. The molecule has 2 amide bonds. The summed E-state index contributed by atoms with van der Waals surface area (Å²) < 4.78 is 10.7. The molecule has 2 unspecified atom stereocenters. The maximum absolute atomic E-state index is 11.5. The van der Waals surface area contributed by atoms with Crippen LogP contribution in [0.15, 0.2) is 59.0 Å². The van der Waals surface area contributed by atoms with Crippen molar-refractivity contribution < 1.29 is 23.8 Å². The van der Waals surface area contributed by atoms with E-state index in [0.717, 1.165) is 28.1 Å². The minimum Gasteiger partial charge on any atom is -0.441 e. The number of cyclic esters (lactones) is 1. The van der Waals surface area contributed by atoms with Gasteiger partial charge in [0.15, 0.2) is 6.10 Å². The Morgan fingerprint density at radius 1 is 1.06 bits per heavy atom. The Bertz CT molecular complexity index is 1060. The number of oxazole rings is 1. The fourth-order valence-electron chi connectivity index (χ4n) is 3.59. The molecule has 1 fully saturated rings. The Labute approximate surface area is 180 Å². The van der Waals surface area contributed by atoms with Crippen LogP contribution in [0, 0.1) is 6.92 Å². The van der Waals surface area contributed by atoms with Gasteiger partial charge in [-0.15, -0.1) is 0 Å². The average molecular weight is 420 g/mol. The van der Waals surface area contributed by atoms with Crippen molar-refractivity contribution >= 4 is 12.0 Å². The fourth-order valence-corrected chi connectivity index (χ4v) is 3.59. The number of rotatable bonds is 8. The Kier molecular flexibility index (Phi) is 6.13. The van der Waals surface area contributed by atoms with Gasteiger partial charge in [-0.1, -0.05) is 42.5 Å². The van der Waals surface area contributed by atoms with Crippen molar-refractivity contribution in [3.63, 3.8) is 0 Å². The largest absolute Gasteiger partial charge is 0.441 e. The van der Waals surface area contributed by atoms with Gasteiger partial charge >= 0.3 is 6.09 Å². The summed E-state index contributed by atoms with van der Waals surface area (Å²) in [5.41, 5.74) is 3.60. The molecular weight excluding hydrogens is 396 g/mol. The molecule has 2 heterocycles. The molecule has 0 aliphatic carbocycles. The number of alkyl carbamates (subject to hydrolysis) is 1. The van der Waals surface area contributed by atoms with Crippen molar-refractivity contribution in [2.45, 2.75) is 44.8 Å². The van der Waals surface area contributed by atoms with Gasteiger partial charge in [-0.2, -0.15) is 0 Å². The highest BCUT2D eigenvalue weighted by atomic mass is 16.6. The Morgan fingerprint density at radius 3 is 2.48 bits per heavy atom. The number of amides is 2. The van der Waals surface area contributed by atoms with Gasteiger partial charge in [0.05, 0.1) is 11.8 Å². The molecule has 1 aliphatic heterocycles. The first-order valence-electron chi connectivity index (χ1n) is 10.3. The van der Waals surface area contributed by atoms with Crippen LogP contribution in [0.4, 0.5) is 4.79 Å². The predicted molar refractivity (Wildman–Crippen MR) is 113 cm³/mol. The zero-order chi connectivity index (χ0) is 21.8. The van der Waals surface area contributed by atoms with E-state index in [1.807, 2.05) is 61.5 Å². The van der Waals surface area contributed by atoms with Crippen LogP contribution in [-0.4, -0.2) is 28.2 Å². The van der Waals surface area contributed by atoms with E-state index < -0.39 is 24.2 Å². The van der Waals surface area contributed by atoms with Gasteiger partial charge in [0, 0.05) is 5.56 Å². The molecule has 0 spiro atoms. The van der Waals surface area contributed by atoms with Gasteiger partial charge in [-0.25, -0.2) is 9.78 Å². The van der Waals surface area contributed by atoms with E-state index in [9.17, 15) is 14.7 Å². The molecule has 0 saturated carbocycles. The van der Waals surface area contributed by atoms with Gasteiger partial charge in [0.1, 0.15) is 5.76 Å². The van der Waals surface area contributed by atoms with E-state index in [4.69, 9.17) is 9.15 Å². The lowest BCUT2D eigenvalue weighted by Gasteiger charge is -2.12. The molecule has 1 aromatic heterocycles. The first-order valence-corrected chi connectivity index (χ1v) is 10.3. The maximum atomic E-state index is 11.5. The molecule has 7 heteroatoms. The number of hydrogen-bond donors (Lipinski definition) is 2. The Morgan fingerprint density at radius 2 is 1.81 bits per heavy atom. The van der Waals surface area contributed by atoms with Crippen LogP contribution in [0.1, 0.15) is 41.5 Å². The number of aryl methyl sites for hydroxylation is 3. The zero-order valence-corrected chi connectivity index (χ0v) is 17.2. The molecule has 2 N–H and O–H groups in total. The Balaban J connectivity index is 1.31. The smallest absolute Gasteiger partial charge is 0.414 e. The van der Waals surface area contributed by atoms with Crippen LogP contribution in [0.25, 0.3) is 11.5 Å². The third-order valence-corrected chi connectivity index (χ3v) is 5.39. The quantitative estimate of drug-likeness (QED) is 0.573. The fraction of sp³-hybridized carbons (Fsp3) is 0.292. The normalized spacial score (nSPS) is 16.8. The molecule has 1 aliphatic rings. The molecule has 31 heavy (non-hydrogen) atoms. The molecule has 2 atom stereocenters. The highest BCUT2D eigenvalue weighted by molar-refractivity contribution is 5.99. The standard InChI is InChI=1S/C24H24N2O5/c1-15-19(25-23(30-15)18-5-3-2-4-6-18)12-13-20(27)17-10-7-16(8-11-17)9-14-21-22(28)26-24(29)31-21/h2-8,10-11,20-21,27H,9,12-14H2,1H3,(H,26,28,29). The number of ether oxygens (including phenoxy) is 1. The number of aliphatic hydroxyl groups excluding tert-OH is 1. The molecule has 3 aromatic rings. The van der Waals surface area contributed by atoms with E-state index in [1.165, 1.54) is 0 Å². The van der Waals surface area contributed by atoms with Crippen LogP contribution < -0.4 is 5.32 Å². The molecule has 7 nitrogen and oxygen atoms in total. The van der Waals surface area contributed by atoms with E-state index >= 15 is 0 Å². The summed E-state index contributed by atoms with van der Waals surface area (Å²) in [6, 6.07) is 17.3. The highest BCUT2D eigenvalue weighted by Gasteiger charge is 2.31. The molecule has 2 aromatic carbocycles. The van der Waals surface area contributed by atoms with Crippen LogP contribution >= 0.6 is 0 Å². The number of carbonyl (C=O) groups is 2. The van der Waals surface area contributed by atoms with Crippen molar-refractivity contribution in [3.05, 3.63) is 77.2 Å².